The highest BCUT2D eigenvalue weighted by molar-refractivity contribution is 5.92. The maximum Gasteiger partial charge on any atom is 0.417 e. The first-order valence-electron chi connectivity index (χ1n) is 10.6. The summed E-state index contributed by atoms with van der Waals surface area (Å²) in [6.45, 7) is 2.90. The van der Waals surface area contributed by atoms with Gasteiger partial charge in [-0.05, 0) is 74.2 Å². The average molecular weight is 406 g/mol. The van der Waals surface area contributed by atoms with Crippen LogP contribution in [0.1, 0.15) is 42.9 Å². The van der Waals surface area contributed by atoms with Crippen molar-refractivity contribution in [1.82, 2.24) is 15.2 Å². The molecule has 1 aliphatic heterocycles. The monoisotopic (exact) mass is 406 g/mol. The van der Waals surface area contributed by atoms with Crippen molar-refractivity contribution in [3.8, 4) is 0 Å². The molecule has 30 heavy (non-hydrogen) atoms. The van der Waals surface area contributed by atoms with E-state index in [0.717, 1.165) is 43.6 Å². The second-order valence-corrected chi connectivity index (χ2v) is 8.51. The zero-order chi connectivity index (χ0) is 20.7. The van der Waals surface area contributed by atoms with Gasteiger partial charge in [0.1, 0.15) is 0 Å². The minimum absolute atomic E-state index is 0.0271. The number of nitrogens with one attached hydrogen (secondary N) is 2. The van der Waals surface area contributed by atoms with E-state index in [4.69, 9.17) is 10.2 Å². The van der Waals surface area contributed by atoms with Gasteiger partial charge in [0, 0.05) is 12.2 Å². The van der Waals surface area contributed by atoms with Crippen molar-refractivity contribution in [2.24, 2.45) is 0 Å². The van der Waals surface area contributed by atoms with Crippen LogP contribution in [0.4, 0.5) is 5.69 Å². The van der Waals surface area contributed by atoms with Crippen molar-refractivity contribution in [2.45, 2.75) is 37.1 Å². The number of anilines is 1. The fourth-order valence-electron chi connectivity index (χ4n) is 4.55. The molecule has 1 aliphatic carbocycles. The van der Waals surface area contributed by atoms with Crippen LogP contribution in [0.25, 0.3) is 11.1 Å². The van der Waals surface area contributed by atoms with Gasteiger partial charge in [-0.25, -0.2) is 4.79 Å². The lowest BCUT2D eigenvalue weighted by Crippen LogP contribution is -2.41. The highest BCUT2D eigenvalue weighted by Crippen LogP contribution is 2.49. The van der Waals surface area contributed by atoms with Crippen LogP contribution in [0, 0.1) is 0 Å². The van der Waals surface area contributed by atoms with E-state index in [1.165, 1.54) is 12.8 Å². The van der Waals surface area contributed by atoms with E-state index in [-0.39, 0.29) is 11.9 Å². The molecule has 2 heterocycles. The number of amides is 1. The fourth-order valence-corrected chi connectivity index (χ4v) is 4.55. The summed E-state index contributed by atoms with van der Waals surface area (Å²) >= 11 is 0. The molecule has 0 bridgehead atoms. The number of aromatic amines is 1. The molecule has 7 nitrogen and oxygen atoms in total. The van der Waals surface area contributed by atoms with Crippen molar-refractivity contribution >= 4 is 22.7 Å². The van der Waals surface area contributed by atoms with Gasteiger partial charge in [-0.2, -0.15) is 0 Å². The Hall–Kier alpha value is -3.06. The Kier molecular flexibility index (Phi) is 4.62. The summed E-state index contributed by atoms with van der Waals surface area (Å²) in [6.07, 6.45) is 3.98. The van der Waals surface area contributed by atoms with E-state index in [0.29, 0.717) is 16.8 Å². The number of rotatable bonds is 6. The normalized spacial score (nSPS) is 19.1. The number of carbonyl (C=O) groups is 1. The van der Waals surface area contributed by atoms with Gasteiger partial charge in [-0.15, -0.1) is 0 Å². The Labute approximate surface area is 174 Å². The molecule has 1 unspecified atom stereocenters. The lowest BCUT2D eigenvalue weighted by Gasteiger charge is -2.27. The minimum atomic E-state index is -0.550. The molecule has 1 amide bonds. The number of carbonyl (C=O) groups excluding carboxylic acids is 1. The number of oxazole rings is 1. The quantitative estimate of drug-likeness (QED) is 0.546. The Bertz CT molecular complexity index is 1140. The zero-order valence-electron chi connectivity index (χ0n) is 16.8. The van der Waals surface area contributed by atoms with Crippen molar-refractivity contribution < 1.29 is 9.21 Å². The predicted octanol–water partition coefficient (Wildman–Crippen LogP) is 2.69. The predicted molar refractivity (Wildman–Crippen MR) is 115 cm³/mol. The van der Waals surface area contributed by atoms with Crippen LogP contribution >= 0.6 is 0 Å². The van der Waals surface area contributed by atoms with E-state index in [2.05, 4.69) is 15.2 Å². The molecule has 2 fully saturated rings. The van der Waals surface area contributed by atoms with Gasteiger partial charge in [0.2, 0.25) is 5.91 Å². The molecule has 0 radical (unpaired) electrons. The minimum Gasteiger partial charge on any atom is -0.408 e. The van der Waals surface area contributed by atoms with Crippen LogP contribution in [0.2, 0.25) is 0 Å². The summed E-state index contributed by atoms with van der Waals surface area (Å²) in [7, 11) is 0. The molecule has 3 aromatic rings. The Morgan fingerprint density at radius 1 is 1.20 bits per heavy atom. The molecular formula is C23H26N4O3. The Morgan fingerprint density at radius 2 is 2.00 bits per heavy atom. The van der Waals surface area contributed by atoms with Crippen molar-refractivity contribution in [1.29, 1.82) is 0 Å². The molecular weight excluding hydrogens is 380 g/mol. The smallest absolute Gasteiger partial charge is 0.408 e. The summed E-state index contributed by atoms with van der Waals surface area (Å²) in [5.74, 6) is -0.455. The third-order valence-corrected chi connectivity index (χ3v) is 6.41. The van der Waals surface area contributed by atoms with E-state index in [9.17, 15) is 9.59 Å². The van der Waals surface area contributed by atoms with Crippen LogP contribution in [-0.2, 0) is 10.2 Å². The number of nitrogens with zero attached hydrogens (tertiary/aromatic N) is 1. The lowest BCUT2D eigenvalue weighted by molar-refractivity contribution is -0.124. The van der Waals surface area contributed by atoms with E-state index in [1.54, 1.807) is 6.07 Å². The molecule has 1 saturated carbocycles. The van der Waals surface area contributed by atoms with Crippen molar-refractivity contribution in [2.75, 3.05) is 25.4 Å². The molecule has 0 spiro atoms. The maximum atomic E-state index is 13.5. The highest BCUT2D eigenvalue weighted by Gasteiger charge is 2.51. The Morgan fingerprint density at radius 3 is 2.73 bits per heavy atom. The SMILES string of the molecule is Nc1cccc(C(CN2CCCC2)NC(=O)C2(c3ccc4oc(=O)[nH]c4c3)CC2)c1. The van der Waals surface area contributed by atoms with Gasteiger partial charge in [0.05, 0.1) is 17.0 Å². The molecule has 156 valence electrons. The largest absolute Gasteiger partial charge is 0.417 e. The fraction of sp³-hybridized carbons (Fsp3) is 0.391. The summed E-state index contributed by atoms with van der Waals surface area (Å²) in [4.78, 5) is 30.0. The highest BCUT2D eigenvalue weighted by atomic mass is 16.4. The average Bonchev–Trinajstić information content (AvgIpc) is 3.21. The first kappa shape index (κ1) is 18.9. The molecule has 1 aromatic heterocycles. The number of benzene rings is 2. The molecule has 2 aliphatic rings. The van der Waals surface area contributed by atoms with Crippen molar-refractivity contribution in [3.05, 3.63) is 64.1 Å². The first-order valence-corrected chi connectivity index (χ1v) is 10.6. The van der Waals surface area contributed by atoms with Crippen LogP contribution in [-0.4, -0.2) is 35.4 Å². The van der Waals surface area contributed by atoms with E-state index < -0.39 is 11.2 Å². The van der Waals surface area contributed by atoms with Crippen LogP contribution in [0.5, 0.6) is 0 Å². The number of likely N-dealkylation sites (tertiary alicyclic amines) is 1. The molecule has 7 heteroatoms. The van der Waals surface area contributed by atoms with Gasteiger partial charge in [0.15, 0.2) is 5.58 Å². The van der Waals surface area contributed by atoms with Crippen molar-refractivity contribution in [3.63, 3.8) is 0 Å². The number of fused-ring (bicyclic) bond motifs is 1. The van der Waals surface area contributed by atoms with Gasteiger partial charge >= 0.3 is 5.76 Å². The summed E-state index contributed by atoms with van der Waals surface area (Å²) < 4.78 is 5.10. The Balaban J connectivity index is 1.41. The molecule has 2 aromatic carbocycles. The van der Waals surface area contributed by atoms with Crippen LogP contribution < -0.4 is 16.8 Å². The summed E-state index contributed by atoms with van der Waals surface area (Å²) in [5.41, 5.74) is 9.24. The standard InChI is InChI=1S/C23H26N4O3/c24-17-5-3-4-15(12-17)19(14-27-10-1-2-11-27)25-21(28)23(8-9-23)16-6-7-20-18(13-16)26-22(29)30-20/h3-7,12-13,19H,1-2,8-11,14,24H2,(H,25,28)(H,26,29). The van der Waals surface area contributed by atoms with Crippen LogP contribution in [0.15, 0.2) is 51.7 Å². The third kappa shape index (κ3) is 3.50. The number of aromatic nitrogens is 1. The topological polar surface area (TPSA) is 104 Å². The molecule has 4 N–H and O–H groups in total. The lowest BCUT2D eigenvalue weighted by atomic mass is 9.93. The zero-order valence-corrected chi connectivity index (χ0v) is 16.8. The van der Waals surface area contributed by atoms with Gasteiger partial charge in [0.25, 0.3) is 0 Å². The van der Waals surface area contributed by atoms with Gasteiger partial charge in [-0.1, -0.05) is 18.2 Å². The third-order valence-electron chi connectivity index (χ3n) is 6.41. The van der Waals surface area contributed by atoms with Gasteiger partial charge < -0.3 is 20.4 Å². The maximum absolute atomic E-state index is 13.5. The van der Waals surface area contributed by atoms with E-state index >= 15 is 0 Å². The van der Waals surface area contributed by atoms with Crippen LogP contribution in [0.3, 0.4) is 0 Å². The summed E-state index contributed by atoms with van der Waals surface area (Å²) in [6, 6.07) is 13.2. The van der Waals surface area contributed by atoms with E-state index in [1.807, 2.05) is 36.4 Å². The number of hydrogen-bond acceptors (Lipinski definition) is 5. The number of hydrogen-bond donors (Lipinski definition) is 3. The second-order valence-electron chi connectivity index (χ2n) is 8.51. The summed E-state index contributed by atoms with van der Waals surface area (Å²) in [5, 5.41) is 3.31. The first-order chi connectivity index (χ1) is 14.5. The molecule has 5 rings (SSSR count). The molecule has 1 atom stereocenters. The molecule has 1 saturated heterocycles. The number of nitrogens with two attached hydrogens (primary N) is 1. The number of H-pyrrole nitrogens is 1. The van der Waals surface area contributed by atoms with Gasteiger partial charge in [-0.3, -0.25) is 9.78 Å². The second kappa shape index (κ2) is 7.32. The number of nitrogen functional groups attached to an aromatic ring is 1.